The predicted octanol–water partition coefficient (Wildman–Crippen LogP) is 0.401. The molecule has 2 atom stereocenters. The van der Waals surface area contributed by atoms with Crippen LogP contribution in [0.1, 0.15) is 26.7 Å². The summed E-state index contributed by atoms with van der Waals surface area (Å²) in [5.41, 5.74) is 0. The molecular weight excluding hydrogens is 260 g/mol. The zero-order chi connectivity index (χ0) is 14.5. The van der Waals surface area contributed by atoms with Crippen molar-refractivity contribution < 1.29 is 14.3 Å². The lowest BCUT2D eigenvalue weighted by molar-refractivity contribution is -0.0433. The second-order valence-corrected chi connectivity index (χ2v) is 5.66. The van der Waals surface area contributed by atoms with E-state index in [1.165, 1.54) is 0 Å². The van der Waals surface area contributed by atoms with Crippen molar-refractivity contribution in [1.82, 2.24) is 15.5 Å². The molecule has 2 unspecified atom stereocenters. The highest BCUT2D eigenvalue weighted by Gasteiger charge is 2.27. The van der Waals surface area contributed by atoms with Crippen molar-refractivity contribution in [3.05, 3.63) is 5.89 Å². The molecule has 2 heterocycles. The molecule has 0 aromatic carbocycles. The number of aromatic nitrogens is 2. The first-order valence-corrected chi connectivity index (χ1v) is 7.12. The molecule has 20 heavy (non-hydrogen) atoms. The van der Waals surface area contributed by atoms with E-state index in [-0.39, 0.29) is 18.8 Å². The van der Waals surface area contributed by atoms with Gasteiger partial charge in [-0.15, -0.1) is 5.10 Å². The number of nitrogens with zero attached hydrogens (tertiary/aromatic N) is 3. The van der Waals surface area contributed by atoms with Crippen molar-refractivity contribution in [2.24, 2.45) is 5.92 Å². The molecule has 0 spiro atoms. The lowest BCUT2D eigenvalue weighted by Gasteiger charge is -2.34. The summed E-state index contributed by atoms with van der Waals surface area (Å²) in [4.78, 5) is 1.97. The van der Waals surface area contributed by atoms with Gasteiger partial charge in [0.25, 0.3) is 0 Å². The Labute approximate surface area is 119 Å². The van der Waals surface area contributed by atoms with Gasteiger partial charge >= 0.3 is 6.01 Å². The molecule has 1 aromatic rings. The third kappa shape index (κ3) is 4.16. The fourth-order valence-corrected chi connectivity index (χ4v) is 2.21. The highest BCUT2D eigenvalue weighted by Crippen LogP contribution is 2.18. The lowest BCUT2D eigenvalue weighted by atomic mass is 10.2. The molecule has 1 fully saturated rings. The molecule has 0 amide bonds. The maximum Gasteiger partial charge on any atom is 0.318 e. The molecule has 114 valence electrons. The van der Waals surface area contributed by atoms with Crippen LogP contribution in [0.4, 0.5) is 6.01 Å². The van der Waals surface area contributed by atoms with Gasteiger partial charge in [0.2, 0.25) is 5.89 Å². The number of hydrogen-bond donors (Lipinski definition) is 2. The monoisotopic (exact) mass is 284 g/mol. The minimum atomic E-state index is -0.201. The average Bonchev–Trinajstić information content (AvgIpc) is 2.86. The fraction of sp³-hybridized carbons (Fsp3) is 0.846. The molecule has 0 radical (unpaired) electrons. The number of rotatable bonds is 6. The number of anilines is 1. The summed E-state index contributed by atoms with van der Waals surface area (Å²) >= 11 is 0. The van der Waals surface area contributed by atoms with Crippen LogP contribution >= 0.6 is 0 Å². The topological polar surface area (TPSA) is 83.7 Å². The first-order chi connectivity index (χ1) is 9.58. The first-order valence-electron chi connectivity index (χ1n) is 7.12. The Morgan fingerprint density at radius 1 is 1.40 bits per heavy atom. The van der Waals surface area contributed by atoms with E-state index in [1.807, 2.05) is 11.8 Å². The molecule has 7 heteroatoms. The molecular formula is C13H24N4O3. The van der Waals surface area contributed by atoms with Crippen LogP contribution in [-0.2, 0) is 11.3 Å². The van der Waals surface area contributed by atoms with Gasteiger partial charge in [0, 0.05) is 6.54 Å². The molecule has 1 aliphatic heterocycles. The normalized spacial score (nSPS) is 23.6. The number of aliphatic hydroxyl groups is 1. The Morgan fingerprint density at radius 2 is 2.20 bits per heavy atom. The van der Waals surface area contributed by atoms with Crippen molar-refractivity contribution in [3.8, 4) is 0 Å². The average molecular weight is 284 g/mol. The van der Waals surface area contributed by atoms with Gasteiger partial charge in [-0.05, 0) is 19.4 Å². The Hall–Kier alpha value is -1.18. The lowest BCUT2D eigenvalue weighted by Crippen LogP contribution is -2.48. The largest absolute Gasteiger partial charge is 0.407 e. The van der Waals surface area contributed by atoms with Crippen LogP contribution in [0.2, 0.25) is 0 Å². The number of nitrogens with one attached hydrogen (secondary N) is 1. The summed E-state index contributed by atoms with van der Waals surface area (Å²) in [6, 6.07) is 0.500. The number of aliphatic hydroxyl groups excluding tert-OH is 1. The van der Waals surface area contributed by atoms with Crippen molar-refractivity contribution in [2.45, 2.75) is 39.5 Å². The third-order valence-electron chi connectivity index (χ3n) is 3.09. The first kappa shape index (κ1) is 15.2. The summed E-state index contributed by atoms with van der Waals surface area (Å²) in [5.74, 6) is 1.17. The molecule has 2 rings (SSSR count). The van der Waals surface area contributed by atoms with Crippen LogP contribution in [0.5, 0.6) is 0 Å². The van der Waals surface area contributed by atoms with Gasteiger partial charge in [-0.3, -0.25) is 0 Å². The second-order valence-electron chi connectivity index (χ2n) is 5.66. The zero-order valence-electron chi connectivity index (χ0n) is 12.4. The van der Waals surface area contributed by atoms with Crippen LogP contribution in [0.25, 0.3) is 0 Å². The van der Waals surface area contributed by atoms with Crippen molar-refractivity contribution >= 4 is 6.01 Å². The van der Waals surface area contributed by atoms with Gasteiger partial charge in [-0.2, -0.15) is 0 Å². The van der Waals surface area contributed by atoms with E-state index >= 15 is 0 Å². The quantitative estimate of drug-likeness (QED) is 0.782. The maximum atomic E-state index is 9.22. The van der Waals surface area contributed by atoms with Gasteiger partial charge in [-0.1, -0.05) is 18.9 Å². The summed E-state index contributed by atoms with van der Waals surface area (Å²) < 4.78 is 11.2. The molecule has 0 bridgehead atoms. The minimum Gasteiger partial charge on any atom is -0.407 e. The Kier molecular flexibility index (Phi) is 5.33. The molecule has 2 N–H and O–H groups in total. The van der Waals surface area contributed by atoms with E-state index in [4.69, 9.17) is 9.15 Å². The smallest absolute Gasteiger partial charge is 0.318 e. The van der Waals surface area contributed by atoms with Crippen LogP contribution < -0.4 is 10.2 Å². The molecule has 0 saturated carbocycles. The predicted molar refractivity (Wildman–Crippen MR) is 74.5 cm³/mol. The maximum absolute atomic E-state index is 9.22. The minimum absolute atomic E-state index is 0.00220. The SMILES string of the molecule is CC(C)CNCc1nnc(N2CC(C)OC(CO)C2)o1. The highest BCUT2D eigenvalue weighted by atomic mass is 16.5. The number of hydrogen-bond acceptors (Lipinski definition) is 7. The Bertz CT molecular complexity index is 410. The van der Waals surface area contributed by atoms with E-state index in [0.717, 1.165) is 6.54 Å². The van der Waals surface area contributed by atoms with Crippen molar-refractivity contribution in [1.29, 1.82) is 0 Å². The summed E-state index contributed by atoms with van der Waals surface area (Å²) in [5, 5.41) is 20.6. The van der Waals surface area contributed by atoms with Crippen LogP contribution in [-0.4, -0.2) is 53.8 Å². The van der Waals surface area contributed by atoms with Gasteiger partial charge < -0.3 is 24.5 Å². The summed E-state index contributed by atoms with van der Waals surface area (Å²) in [7, 11) is 0. The van der Waals surface area contributed by atoms with Crippen molar-refractivity contribution in [3.63, 3.8) is 0 Å². The molecule has 0 aliphatic carbocycles. The van der Waals surface area contributed by atoms with Gasteiger partial charge in [0.05, 0.1) is 31.9 Å². The van der Waals surface area contributed by atoms with E-state index in [2.05, 4.69) is 29.4 Å². The second kappa shape index (κ2) is 7.01. The number of morpholine rings is 1. The van der Waals surface area contributed by atoms with Gasteiger partial charge in [0.15, 0.2) is 0 Å². The highest BCUT2D eigenvalue weighted by molar-refractivity contribution is 5.25. The van der Waals surface area contributed by atoms with E-state index in [9.17, 15) is 5.11 Å². The molecule has 7 nitrogen and oxygen atoms in total. The molecule has 1 aliphatic rings. The van der Waals surface area contributed by atoms with Gasteiger partial charge in [0.1, 0.15) is 0 Å². The standard InChI is InChI=1S/C13H24N4O3/c1-9(2)4-14-5-12-15-16-13(20-12)17-6-10(3)19-11(7-17)8-18/h9-11,14,18H,4-8H2,1-3H3. The summed E-state index contributed by atoms with van der Waals surface area (Å²) in [6.45, 7) is 9.02. The van der Waals surface area contributed by atoms with Crippen LogP contribution in [0, 0.1) is 5.92 Å². The molecule has 1 aromatic heterocycles. The molecule has 1 saturated heterocycles. The van der Waals surface area contributed by atoms with Gasteiger partial charge in [-0.25, -0.2) is 0 Å². The van der Waals surface area contributed by atoms with Crippen molar-refractivity contribution in [2.75, 3.05) is 31.1 Å². The van der Waals surface area contributed by atoms with E-state index in [0.29, 0.717) is 37.5 Å². The van der Waals surface area contributed by atoms with Crippen LogP contribution in [0.15, 0.2) is 4.42 Å². The zero-order valence-corrected chi connectivity index (χ0v) is 12.4. The van der Waals surface area contributed by atoms with E-state index < -0.39 is 0 Å². The summed E-state index contributed by atoms with van der Waals surface area (Å²) in [6.07, 6.45) is -0.163. The van der Waals surface area contributed by atoms with Crippen LogP contribution in [0.3, 0.4) is 0 Å². The number of ether oxygens (including phenoxy) is 1. The third-order valence-corrected chi connectivity index (χ3v) is 3.09. The van der Waals surface area contributed by atoms with E-state index in [1.54, 1.807) is 0 Å². The Morgan fingerprint density at radius 3 is 2.90 bits per heavy atom. The Balaban J connectivity index is 1.90. The fourth-order valence-electron chi connectivity index (χ4n) is 2.21.